The van der Waals surface area contributed by atoms with E-state index in [1.807, 2.05) is 48.9 Å². The summed E-state index contributed by atoms with van der Waals surface area (Å²) in [6, 6.07) is 6.26. The number of nitrogens with one attached hydrogen (secondary N) is 2. The highest BCUT2D eigenvalue weighted by Gasteiger charge is 2.14. The second-order valence-corrected chi connectivity index (χ2v) is 7.10. The van der Waals surface area contributed by atoms with Gasteiger partial charge in [0, 0.05) is 39.4 Å². The van der Waals surface area contributed by atoms with Crippen LogP contribution in [0.3, 0.4) is 0 Å². The van der Waals surface area contributed by atoms with Crippen LogP contribution in [0.4, 0.5) is 5.82 Å². The average molecular weight is 372 g/mol. The summed E-state index contributed by atoms with van der Waals surface area (Å²) in [4.78, 5) is 11.3. The number of nitrogens with zero attached hydrogens (tertiary/aromatic N) is 5. The van der Waals surface area contributed by atoms with Crippen LogP contribution >= 0.6 is 0 Å². The lowest BCUT2D eigenvalue weighted by molar-refractivity contribution is 0.635. The fraction of sp³-hybridized carbons (Fsp3) is 0.550. The van der Waals surface area contributed by atoms with E-state index in [1.54, 1.807) is 0 Å². The molecule has 2 N–H and O–H groups in total. The molecule has 7 heteroatoms. The zero-order valence-electron chi connectivity index (χ0n) is 17.7. The van der Waals surface area contributed by atoms with Gasteiger partial charge in [-0.1, -0.05) is 6.07 Å². The zero-order valence-corrected chi connectivity index (χ0v) is 17.7. The molecule has 0 fully saturated rings. The third-order valence-corrected chi connectivity index (χ3v) is 4.55. The molecular formula is C20H33N7. The smallest absolute Gasteiger partial charge is 0.191 e. The van der Waals surface area contributed by atoms with Gasteiger partial charge in [-0.3, -0.25) is 4.68 Å². The topological polar surface area (TPSA) is 70.4 Å². The monoisotopic (exact) mass is 371 g/mol. The lowest BCUT2D eigenvalue weighted by atomic mass is 10.1. The van der Waals surface area contributed by atoms with Crippen LogP contribution in [-0.4, -0.2) is 47.4 Å². The van der Waals surface area contributed by atoms with Gasteiger partial charge in [-0.15, -0.1) is 0 Å². The largest absolute Gasteiger partial charge is 0.363 e. The molecule has 27 heavy (non-hydrogen) atoms. The summed E-state index contributed by atoms with van der Waals surface area (Å²) in [7, 11) is 5.97. The van der Waals surface area contributed by atoms with E-state index >= 15 is 0 Å². The highest BCUT2D eigenvalue weighted by molar-refractivity contribution is 5.80. The molecule has 0 saturated heterocycles. The first-order chi connectivity index (χ1) is 12.8. The number of anilines is 1. The summed E-state index contributed by atoms with van der Waals surface area (Å²) < 4.78 is 1.94. The van der Waals surface area contributed by atoms with Gasteiger partial charge >= 0.3 is 0 Å². The Hall–Kier alpha value is -2.57. The Balaban J connectivity index is 2.05. The van der Waals surface area contributed by atoms with Crippen LogP contribution in [0.25, 0.3) is 0 Å². The Kier molecular flexibility index (Phi) is 7.21. The molecule has 0 amide bonds. The van der Waals surface area contributed by atoms with Crippen LogP contribution in [0, 0.1) is 13.8 Å². The van der Waals surface area contributed by atoms with Crippen molar-refractivity contribution >= 4 is 11.8 Å². The van der Waals surface area contributed by atoms with E-state index in [2.05, 4.69) is 48.4 Å². The summed E-state index contributed by atoms with van der Waals surface area (Å²) in [5.41, 5.74) is 4.56. The number of guanidine groups is 1. The molecule has 0 aromatic carbocycles. The lowest BCUT2D eigenvalue weighted by Crippen LogP contribution is -2.43. The summed E-state index contributed by atoms with van der Waals surface area (Å²) in [5.74, 6) is 1.75. The summed E-state index contributed by atoms with van der Waals surface area (Å²) in [6.45, 7) is 9.78. The zero-order chi connectivity index (χ0) is 20.0. The number of pyridine rings is 1. The molecule has 0 saturated carbocycles. The molecule has 148 valence electrons. The van der Waals surface area contributed by atoms with Gasteiger partial charge in [0.2, 0.25) is 0 Å². The molecule has 2 rings (SSSR count). The molecule has 2 aromatic rings. The fourth-order valence-electron chi connectivity index (χ4n) is 2.99. The van der Waals surface area contributed by atoms with Gasteiger partial charge in [0.25, 0.3) is 0 Å². The molecule has 0 aliphatic heterocycles. The standard InChI is InChI=1S/C20H33N7/c1-8-21-20(22-13-17-10-9-11-19(24-17)26(5)6)23-14(2)12-18-15(3)25-27(7)16(18)4/h9-11,14H,8,12-13H2,1-7H3,(H2,21,22,23). The summed E-state index contributed by atoms with van der Waals surface area (Å²) in [5, 5.41) is 11.3. The third kappa shape index (κ3) is 5.70. The third-order valence-electron chi connectivity index (χ3n) is 4.55. The van der Waals surface area contributed by atoms with Crippen LogP contribution in [0.5, 0.6) is 0 Å². The maximum absolute atomic E-state index is 4.71. The molecule has 2 heterocycles. The van der Waals surface area contributed by atoms with E-state index in [-0.39, 0.29) is 6.04 Å². The first-order valence-electron chi connectivity index (χ1n) is 9.49. The maximum Gasteiger partial charge on any atom is 0.191 e. The Labute approximate surface area is 162 Å². The molecule has 0 radical (unpaired) electrons. The van der Waals surface area contributed by atoms with Gasteiger partial charge in [-0.2, -0.15) is 5.10 Å². The fourth-order valence-corrected chi connectivity index (χ4v) is 2.99. The van der Waals surface area contributed by atoms with Crippen molar-refractivity contribution in [2.45, 2.75) is 46.7 Å². The van der Waals surface area contributed by atoms with E-state index in [1.165, 1.54) is 11.3 Å². The van der Waals surface area contributed by atoms with Gasteiger partial charge in [0.05, 0.1) is 17.9 Å². The molecule has 0 spiro atoms. The average Bonchev–Trinajstić information content (AvgIpc) is 2.86. The normalized spacial score (nSPS) is 12.8. The Bertz CT molecular complexity index is 777. The van der Waals surface area contributed by atoms with E-state index in [0.29, 0.717) is 6.54 Å². The molecule has 1 unspecified atom stereocenters. The van der Waals surface area contributed by atoms with Crippen molar-refractivity contribution in [3.63, 3.8) is 0 Å². The van der Waals surface area contributed by atoms with Crippen LogP contribution in [0.15, 0.2) is 23.2 Å². The minimum absolute atomic E-state index is 0.241. The summed E-state index contributed by atoms with van der Waals surface area (Å²) >= 11 is 0. The number of hydrogen-bond acceptors (Lipinski definition) is 4. The van der Waals surface area contributed by atoms with Crippen molar-refractivity contribution in [3.8, 4) is 0 Å². The van der Waals surface area contributed by atoms with Crippen molar-refractivity contribution in [2.24, 2.45) is 12.0 Å². The van der Waals surface area contributed by atoms with Crippen LogP contribution in [0.2, 0.25) is 0 Å². The Morgan fingerprint density at radius 1 is 1.30 bits per heavy atom. The van der Waals surface area contributed by atoms with Gasteiger partial charge in [-0.25, -0.2) is 9.98 Å². The Morgan fingerprint density at radius 2 is 2.04 bits per heavy atom. The minimum Gasteiger partial charge on any atom is -0.363 e. The lowest BCUT2D eigenvalue weighted by Gasteiger charge is -2.18. The highest BCUT2D eigenvalue weighted by atomic mass is 15.3. The van der Waals surface area contributed by atoms with Gasteiger partial charge in [0.1, 0.15) is 5.82 Å². The summed E-state index contributed by atoms with van der Waals surface area (Å²) in [6.07, 6.45) is 0.907. The molecule has 0 aliphatic rings. The second-order valence-electron chi connectivity index (χ2n) is 7.10. The number of aryl methyl sites for hydroxylation is 2. The number of aliphatic imine (C=N–C) groups is 1. The number of rotatable bonds is 7. The molecular weight excluding hydrogens is 338 g/mol. The van der Waals surface area contributed by atoms with Crippen molar-refractivity contribution in [3.05, 3.63) is 40.8 Å². The molecule has 7 nitrogen and oxygen atoms in total. The van der Waals surface area contributed by atoms with E-state index in [9.17, 15) is 0 Å². The molecule has 0 aliphatic carbocycles. The van der Waals surface area contributed by atoms with E-state index in [0.717, 1.165) is 36.1 Å². The van der Waals surface area contributed by atoms with Crippen molar-refractivity contribution in [1.82, 2.24) is 25.4 Å². The Morgan fingerprint density at radius 3 is 2.63 bits per heavy atom. The van der Waals surface area contributed by atoms with Crippen LogP contribution in [0.1, 0.15) is 36.5 Å². The van der Waals surface area contributed by atoms with Gasteiger partial charge < -0.3 is 15.5 Å². The second kappa shape index (κ2) is 9.39. The molecule has 0 bridgehead atoms. The molecule has 1 atom stereocenters. The molecule has 2 aromatic heterocycles. The maximum atomic E-state index is 4.71. The first kappa shape index (κ1) is 20.7. The van der Waals surface area contributed by atoms with Crippen molar-refractivity contribution in [1.29, 1.82) is 0 Å². The highest BCUT2D eigenvalue weighted by Crippen LogP contribution is 2.14. The van der Waals surface area contributed by atoms with Gasteiger partial charge in [0.15, 0.2) is 5.96 Å². The predicted molar refractivity (Wildman–Crippen MR) is 112 cm³/mol. The predicted octanol–water partition coefficient (Wildman–Crippen LogP) is 2.18. The number of hydrogen-bond donors (Lipinski definition) is 2. The van der Waals surface area contributed by atoms with Crippen molar-refractivity contribution < 1.29 is 0 Å². The van der Waals surface area contributed by atoms with E-state index in [4.69, 9.17) is 4.99 Å². The minimum atomic E-state index is 0.241. The number of aromatic nitrogens is 3. The first-order valence-corrected chi connectivity index (χ1v) is 9.49. The van der Waals surface area contributed by atoms with Crippen LogP contribution < -0.4 is 15.5 Å². The van der Waals surface area contributed by atoms with Crippen molar-refractivity contribution in [2.75, 3.05) is 25.5 Å². The van der Waals surface area contributed by atoms with Crippen LogP contribution in [-0.2, 0) is 20.0 Å². The quantitative estimate of drug-likeness (QED) is 0.577. The SMILES string of the molecule is CCNC(=NCc1cccc(N(C)C)n1)NC(C)Cc1c(C)nn(C)c1C. The van der Waals surface area contributed by atoms with Gasteiger partial charge in [-0.05, 0) is 51.8 Å². The van der Waals surface area contributed by atoms with E-state index < -0.39 is 0 Å².